The Morgan fingerprint density at radius 2 is 2.27 bits per heavy atom. The largest absolute Gasteiger partial charge is 0.457 e. The fourth-order valence-corrected chi connectivity index (χ4v) is 3.01. The van der Waals surface area contributed by atoms with Crippen LogP contribution in [0, 0.1) is 5.82 Å². The van der Waals surface area contributed by atoms with Crippen molar-refractivity contribution in [2.75, 3.05) is 0 Å². The summed E-state index contributed by atoms with van der Waals surface area (Å²) in [5.41, 5.74) is -0.243. The van der Waals surface area contributed by atoms with E-state index in [9.17, 15) is 14.0 Å². The van der Waals surface area contributed by atoms with Crippen molar-refractivity contribution >= 4 is 39.1 Å². The first-order valence-electron chi connectivity index (χ1n) is 6.13. The Bertz CT molecular complexity index is 902. The minimum Gasteiger partial charge on any atom is -0.457 e. The maximum absolute atomic E-state index is 13.6. The first kappa shape index (κ1) is 14.7. The fourth-order valence-electron chi connectivity index (χ4n) is 1.92. The van der Waals surface area contributed by atoms with Crippen LogP contribution >= 0.6 is 22.9 Å². The molecule has 1 aromatic carbocycles. The first-order chi connectivity index (χ1) is 10.6. The summed E-state index contributed by atoms with van der Waals surface area (Å²) in [4.78, 5) is 30.7. The zero-order valence-corrected chi connectivity index (χ0v) is 12.5. The molecule has 0 fully saturated rings. The topological polar surface area (TPSA) is 72.0 Å². The highest BCUT2D eigenvalue weighted by Crippen LogP contribution is 2.23. The molecule has 0 radical (unpaired) electrons. The van der Waals surface area contributed by atoms with Gasteiger partial charge in [-0.2, -0.15) is 0 Å². The molecule has 0 amide bonds. The SMILES string of the molecule is O=C(OCc1c(F)cccc1Cl)c1csc2nc[nH]c(=O)c12. The molecule has 0 aliphatic heterocycles. The van der Waals surface area contributed by atoms with Crippen LogP contribution in [0.1, 0.15) is 15.9 Å². The maximum Gasteiger partial charge on any atom is 0.340 e. The number of aromatic nitrogens is 2. The van der Waals surface area contributed by atoms with Gasteiger partial charge in [0.05, 0.1) is 22.3 Å². The number of H-pyrrole nitrogens is 1. The van der Waals surface area contributed by atoms with Gasteiger partial charge in [0.15, 0.2) is 0 Å². The molecule has 22 heavy (non-hydrogen) atoms. The third-order valence-corrected chi connectivity index (χ3v) is 4.25. The van der Waals surface area contributed by atoms with Gasteiger partial charge < -0.3 is 9.72 Å². The zero-order chi connectivity index (χ0) is 15.7. The average Bonchev–Trinajstić information content (AvgIpc) is 2.92. The Morgan fingerprint density at radius 1 is 1.45 bits per heavy atom. The lowest BCUT2D eigenvalue weighted by Gasteiger charge is -2.07. The van der Waals surface area contributed by atoms with Crippen LogP contribution in [0.5, 0.6) is 0 Å². The van der Waals surface area contributed by atoms with Crippen molar-refractivity contribution < 1.29 is 13.9 Å². The van der Waals surface area contributed by atoms with E-state index < -0.39 is 17.3 Å². The Balaban J connectivity index is 1.87. The summed E-state index contributed by atoms with van der Waals surface area (Å²) >= 11 is 7.02. The molecule has 0 aliphatic rings. The molecule has 3 rings (SSSR count). The molecule has 0 saturated carbocycles. The molecular formula is C14H8ClFN2O3S. The summed E-state index contributed by atoms with van der Waals surface area (Å²) < 4.78 is 18.7. The molecule has 3 aromatic rings. The number of nitrogens with one attached hydrogen (secondary N) is 1. The van der Waals surface area contributed by atoms with E-state index in [-0.39, 0.29) is 28.1 Å². The minimum absolute atomic E-state index is 0.0871. The third-order valence-electron chi connectivity index (χ3n) is 3.01. The lowest BCUT2D eigenvalue weighted by Crippen LogP contribution is -2.11. The van der Waals surface area contributed by atoms with Gasteiger partial charge >= 0.3 is 5.97 Å². The molecule has 8 heteroatoms. The predicted octanol–water partition coefficient (Wildman–Crippen LogP) is 3.13. The number of carbonyl (C=O) groups is 1. The lowest BCUT2D eigenvalue weighted by molar-refractivity contribution is 0.0472. The van der Waals surface area contributed by atoms with E-state index in [0.717, 1.165) is 11.3 Å². The number of aromatic amines is 1. The van der Waals surface area contributed by atoms with Gasteiger partial charge in [0.25, 0.3) is 5.56 Å². The molecule has 2 aromatic heterocycles. The number of nitrogens with zero attached hydrogens (tertiary/aromatic N) is 1. The number of carbonyl (C=O) groups excluding carboxylic acids is 1. The van der Waals surface area contributed by atoms with Crippen LogP contribution in [0.2, 0.25) is 5.02 Å². The quantitative estimate of drug-likeness (QED) is 0.745. The summed E-state index contributed by atoms with van der Waals surface area (Å²) in [5.74, 6) is -1.29. The Labute approximate surface area is 132 Å². The van der Waals surface area contributed by atoms with Crippen LogP contribution in [0.3, 0.4) is 0 Å². The van der Waals surface area contributed by atoms with E-state index in [1.807, 2.05) is 0 Å². The van der Waals surface area contributed by atoms with Crippen molar-refractivity contribution in [3.05, 3.63) is 62.2 Å². The second-order valence-corrected chi connectivity index (χ2v) is 5.60. The number of esters is 1. The number of benzene rings is 1. The molecule has 2 heterocycles. The first-order valence-corrected chi connectivity index (χ1v) is 7.38. The van der Waals surface area contributed by atoms with Gasteiger partial charge in [0.2, 0.25) is 0 Å². The van der Waals surface area contributed by atoms with E-state index in [0.29, 0.717) is 4.83 Å². The van der Waals surface area contributed by atoms with Gasteiger partial charge in [-0.05, 0) is 12.1 Å². The summed E-state index contributed by atoms with van der Waals surface area (Å²) in [7, 11) is 0. The monoisotopic (exact) mass is 338 g/mol. The summed E-state index contributed by atoms with van der Waals surface area (Å²) in [6.07, 6.45) is 1.26. The van der Waals surface area contributed by atoms with Crippen molar-refractivity contribution in [1.29, 1.82) is 0 Å². The zero-order valence-electron chi connectivity index (χ0n) is 10.9. The minimum atomic E-state index is -0.732. The lowest BCUT2D eigenvalue weighted by atomic mass is 10.2. The number of ether oxygens (including phenoxy) is 1. The Kier molecular flexibility index (Phi) is 3.91. The molecule has 0 saturated heterocycles. The van der Waals surface area contributed by atoms with Gasteiger partial charge in [-0.3, -0.25) is 4.79 Å². The number of hydrogen-bond acceptors (Lipinski definition) is 5. The summed E-state index contributed by atoms with van der Waals surface area (Å²) in [5, 5.41) is 1.82. The van der Waals surface area contributed by atoms with Gasteiger partial charge in [-0.25, -0.2) is 14.2 Å². The van der Waals surface area contributed by atoms with Crippen LogP contribution in [0.4, 0.5) is 4.39 Å². The predicted molar refractivity (Wildman–Crippen MR) is 80.8 cm³/mol. The average molecular weight is 339 g/mol. The Morgan fingerprint density at radius 3 is 3.05 bits per heavy atom. The van der Waals surface area contributed by atoms with Crippen molar-refractivity contribution in [2.45, 2.75) is 6.61 Å². The van der Waals surface area contributed by atoms with E-state index in [1.54, 1.807) is 0 Å². The second-order valence-electron chi connectivity index (χ2n) is 4.34. The van der Waals surface area contributed by atoms with Gasteiger partial charge in [0.1, 0.15) is 17.3 Å². The number of halogens is 2. The van der Waals surface area contributed by atoms with Crippen LogP contribution in [0.25, 0.3) is 10.2 Å². The number of thiophene rings is 1. The van der Waals surface area contributed by atoms with Crippen molar-refractivity contribution in [3.63, 3.8) is 0 Å². The maximum atomic E-state index is 13.6. The van der Waals surface area contributed by atoms with E-state index >= 15 is 0 Å². The number of hydrogen-bond donors (Lipinski definition) is 1. The summed E-state index contributed by atoms with van der Waals surface area (Å²) in [6.45, 7) is -0.320. The number of rotatable bonds is 3. The molecule has 0 unspecified atom stereocenters. The van der Waals surface area contributed by atoms with Crippen molar-refractivity contribution in [3.8, 4) is 0 Å². The standard InChI is InChI=1S/C14H8ClFN2O3S/c15-9-2-1-3-10(16)7(9)4-21-14(20)8-5-22-13-11(8)12(19)17-6-18-13/h1-3,5-6H,4H2,(H,17,18,19). The molecule has 0 spiro atoms. The van der Waals surface area contributed by atoms with E-state index in [4.69, 9.17) is 16.3 Å². The van der Waals surface area contributed by atoms with Crippen LogP contribution in [0.15, 0.2) is 34.7 Å². The number of fused-ring (bicyclic) bond motifs is 1. The van der Waals surface area contributed by atoms with Crippen molar-refractivity contribution in [2.24, 2.45) is 0 Å². The van der Waals surface area contributed by atoms with Crippen LogP contribution in [-0.2, 0) is 11.3 Å². The molecule has 0 atom stereocenters. The third kappa shape index (κ3) is 2.60. The highest BCUT2D eigenvalue weighted by atomic mass is 35.5. The molecule has 1 N–H and O–H groups in total. The van der Waals surface area contributed by atoms with Gasteiger partial charge in [-0.1, -0.05) is 17.7 Å². The van der Waals surface area contributed by atoms with Gasteiger partial charge in [0, 0.05) is 10.9 Å². The molecule has 5 nitrogen and oxygen atoms in total. The summed E-state index contributed by atoms with van der Waals surface area (Å²) in [6, 6.07) is 4.19. The normalized spacial score (nSPS) is 10.8. The molecule has 0 bridgehead atoms. The van der Waals surface area contributed by atoms with Crippen LogP contribution < -0.4 is 5.56 Å². The molecule has 0 aliphatic carbocycles. The van der Waals surface area contributed by atoms with Gasteiger partial charge in [-0.15, -0.1) is 11.3 Å². The fraction of sp³-hybridized carbons (Fsp3) is 0.0714. The molecular weight excluding hydrogens is 331 g/mol. The van der Waals surface area contributed by atoms with Crippen molar-refractivity contribution in [1.82, 2.24) is 9.97 Å². The van der Waals surface area contributed by atoms with Crippen LogP contribution in [-0.4, -0.2) is 15.9 Å². The van der Waals surface area contributed by atoms with E-state index in [1.165, 1.54) is 29.9 Å². The highest BCUT2D eigenvalue weighted by Gasteiger charge is 2.18. The van der Waals surface area contributed by atoms with E-state index in [2.05, 4.69) is 9.97 Å². The second kappa shape index (κ2) is 5.86. The molecule has 112 valence electrons. The smallest absolute Gasteiger partial charge is 0.340 e. The Hall–Kier alpha value is -2.25. The highest BCUT2D eigenvalue weighted by molar-refractivity contribution is 7.17.